The molecule has 3 aromatic rings. The Morgan fingerprint density at radius 1 is 1.13 bits per heavy atom. The minimum Gasteiger partial charge on any atom is -0.493 e. The zero-order valence-corrected chi connectivity index (χ0v) is 18.4. The third-order valence-corrected chi connectivity index (χ3v) is 5.81. The third-order valence-electron chi connectivity index (χ3n) is 4.89. The Balaban J connectivity index is 2.31. The number of benzene rings is 2. The summed E-state index contributed by atoms with van der Waals surface area (Å²) in [5, 5.41) is 9.39. The zero-order chi connectivity index (χ0) is 22.8. The number of aliphatic hydroxyl groups is 1. The van der Waals surface area contributed by atoms with E-state index in [1.807, 2.05) is 6.92 Å². The van der Waals surface area contributed by atoms with Gasteiger partial charge in [0.05, 0.1) is 49.7 Å². The number of ether oxygens (including phenoxy) is 2. The number of hydrogen-bond donors (Lipinski definition) is 1. The molecule has 10 heteroatoms. The van der Waals surface area contributed by atoms with E-state index in [0.717, 1.165) is 6.26 Å². The van der Waals surface area contributed by atoms with Crippen molar-refractivity contribution in [2.24, 2.45) is 0 Å². The number of methoxy groups -OCH3 is 1. The molecule has 168 valence electrons. The van der Waals surface area contributed by atoms with Crippen molar-refractivity contribution >= 4 is 20.9 Å². The highest BCUT2D eigenvalue weighted by atomic mass is 32.2. The normalized spacial score (nSPS) is 12.8. The summed E-state index contributed by atoms with van der Waals surface area (Å²) in [6.07, 6.45) is 1.09. The fraction of sp³-hybridized carbons (Fsp3) is 0.381. The van der Waals surface area contributed by atoms with Gasteiger partial charge in [-0.3, -0.25) is 9.13 Å². The number of nitrogens with zero attached hydrogens (tertiary/aromatic N) is 2. The molecular weight excluding hydrogens is 427 g/mol. The fourth-order valence-electron chi connectivity index (χ4n) is 3.65. The first-order chi connectivity index (χ1) is 14.7. The van der Waals surface area contributed by atoms with Crippen molar-refractivity contribution in [3.8, 4) is 11.5 Å². The maximum absolute atomic E-state index is 13.9. The van der Waals surface area contributed by atoms with Crippen molar-refractivity contribution in [3.63, 3.8) is 0 Å². The van der Waals surface area contributed by atoms with Crippen LogP contribution in [0.3, 0.4) is 0 Å². The SMILES string of the molecule is CCOc1cc([C@@H](CS(C)(=O)=O)n2c(=O)n(CCO)c3cc(F)ccc32)ccc1OC. The van der Waals surface area contributed by atoms with E-state index in [0.29, 0.717) is 29.2 Å². The molecule has 1 heterocycles. The predicted octanol–water partition coefficient (Wildman–Crippen LogP) is 1.98. The van der Waals surface area contributed by atoms with E-state index in [2.05, 4.69) is 0 Å². The Hall–Kier alpha value is -2.85. The van der Waals surface area contributed by atoms with Gasteiger partial charge in [-0.1, -0.05) is 6.07 Å². The van der Waals surface area contributed by atoms with Gasteiger partial charge < -0.3 is 14.6 Å². The molecule has 0 bridgehead atoms. The Bertz CT molecular complexity index is 1250. The van der Waals surface area contributed by atoms with Crippen LogP contribution in [0.1, 0.15) is 18.5 Å². The van der Waals surface area contributed by atoms with Gasteiger partial charge in [0.25, 0.3) is 0 Å². The Kier molecular flexibility index (Phi) is 6.71. The highest BCUT2D eigenvalue weighted by Crippen LogP contribution is 2.33. The average molecular weight is 453 g/mol. The number of rotatable bonds is 9. The van der Waals surface area contributed by atoms with Crippen LogP contribution < -0.4 is 15.2 Å². The summed E-state index contributed by atoms with van der Waals surface area (Å²) in [5.74, 6) is -0.0143. The summed E-state index contributed by atoms with van der Waals surface area (Å²) in [6, 6.07) is 7.89. The van der Waals surface area contributed by atoms with Gasteiger partial charge in [0.1, 0.15) is 15.7 Å². The topological polar surface area (TPSA) is 99.8 Å². The van der Waals surface area contributed by atoms with Gasteiger partial charge in [-0.25, -0.2) is 17.6 Å². The van der Waals surface area contributed by atoms with Crippen LogP contribution in [0.5, 0.6) is 11.5 Å². The van der Waals surface area contributed by atoms with Crippen molar-refractivity contribution in [2.45, 2.75) is 19.5 Å². The van der Waals surface area contributed by atoms with Crippen LogP contribution >= 0.6 is 0 Å². The van der Waals surface area contributed by atoms with Gasteiger partial charge in [-0.05, 0) is 42.8 Å². The Labute approximate surface area is 179 Å². The first kappa shape index (κ1) is 22.8. The molecule has 0 saturated heterocycles. The van der Waals surface area contributed by atoms with Gasteiger partial charge in [-0.2, -0.15) is 0 Å². The van der Waals surface area contributed by atoms with E-state index >= 15 is 0 Å². The molecule has 0 fully saturated rings. The number of halogens is 1. The van der Waals surface area contributed by atoms with Crippen LogP contribution in [0.25, 0.3) is 11.0 Å². The van der Waals surface area contributed by atoms with Crippen LogP contribution in [0, 0.1) is 5.82 Å². The second kappa shape index (κ2) is 9.11. The second-order valence-electron chi connectivity index (χ2n) is 7.11. The molecule has 0 amide bonds. The lowest BCUT2D eigenvalue weighted by molar-refractivity contribution is 0.275. The number of aromatic nitrogens is 2. The molecule has 0 aliphatic heterocycles. The van der Waals surface area contributed by atoms with E-state index in [-0.39, 0.29) is 24.4 Å². The summed E-state index contributed by atoms with van der Waals surface area (Å²) in [5.41, 5.74) is 0.611. The molecule has 3 rings (SSSR count). The van der Waals surface area contributed by atoms with Crippen LogP contribution in [-0.4, -0.2) is 55.0 Å². The molecule has 2 aromatic carbocycles. The minimum absolute atomic E-state index is 0.0514. The maximum Gasteiger partial charge on any atom is 0.329 e. The molecule has 1 N–H and O–H groups in total. The van der Waals surface area contributed by atoms with Gasteiger partial charge in [0.15, 0.2) is 11.5 Å². The summed E-state index contributed by atoms with van der Waals surface area (Å²) in [7, 11) is -2.03. The molecule has 0 unspecified atom stereocenters. The smallest absolute Gasteiger partial charge is 0.329 e. The second-order valence-corrected chi connectivity index (χ2v) is 9.30. The van der Waals surface area contributed by atoms with Gasteiger partial charge in [0, 0.05) is 6.26 Å². The molecule has 31 heavy (non-hydrogen) atoms. The fourth-order valence-corrected chi connectivity index (χ4v) is 4.56. The average Bonchev–Trinajstić information content (AvgIpc) is 2.97. The Morgan fingerprint density at radius 3 is 2.48 bits per heavy atom. The van der Waals surface area contributed by atoms with Crippen LogP contribution in [0.15, 0.2) is 41.2 Å². The number of sulfone groups is 1. The first-order valence-electron chi connectivity index (χ1n) is 9.69. The monoisotopic (exact) mass is 452 g/mol. The third kappa shape index (κ3) is 4.75. The van der Waals surface area contributed by atoms with Crippen LogP contribution in [0.4, 0.5) is 4.39 Å². The summed E-state index contributed by atoms with van der Waals surface area (Å²) < 4.78 is 51.9. The highest BCUT2D eigenvalue weighted by molar-refractivity contribution is 7.90. The quantitative estimate of drug-likeness (QED) is 0.533. The first-order valence-corrected chi connectivity index (χ1v) is 11.8. The number of imidazole rings is 1. The molecule has 8 nitrogen and oxygen atoms in total. The predicted molar refractivity (Wildman–Crippen MR) is 115 cm³/mol. The van der Waals surface area contributed by atoms with E-state index < -0.39 is 27.4 Å². The standard InChI is InChI=1S/C21H25FN2O6S/c1-4-30-20-11-14(5-8-19(20)29-2)18(13-31(3,27)28)24-16-7-6-15(22)12-17(16)23(9-10-25)21(24)26/h5-8,11-12,18,25H,4,9-10,13H2,1-3H3/t18-/m1/s1. The Morgan fingerprint density at radius 2 is 1.87 bits per heavy atom. The van der Waals surface area contributed by atoms with E-state index in [1.54, 1.807) is 18.2 Å². The van der Waals surface area contributed by atoms with E-state index in [4.69, 9.17) is 9.47 Å². The van der Waals surface area contributed by atoms with Crippen molar-refractivity contribution in [2.75, 3.05) is 32.3 Å². The molecule has 0 saturated carbocycles. The molecule has 0 aliphatic carbocycles. The van der Waals surface area contributed by atoms with E-state index in [9.17, 15) is 22.7 Å². The number of fused-ring (bicyclic) bond motifs is 1. The maximum atomic E-state index is 13.9. The molecule has 0 spiro atoms. The number of aliphatic hydroxyl groups excluding tert-OH is 1. The van der Waals surface area contributed by atoms with Crippen molar-refractivity contribution < 1.29 is 27.4 Å². The van der Waals surface area contributed by atoms with E-state index in [1.165, 1.54) is 34.4 Å². The molecule has 1 atom stereocenters. The van der Waals surface area contributed by atoms with Crippen LogP contribution in [-0.2, 0) is 16.4 Å². The van der Waals surface area contributed by atoms with Crippen LogP contribution in [0.2, 0.25) is 0 Å². The van der Waals surface area contributed by atoms with Gasteiger partial charge >= 0.3 is 5.69 Å². The molecule has 1 aromatic heterocycles. The summed E-state index contributed by atoms with van der Waals surface area (Å²) >= 11 is 0. The highest BCUT2D eigenvalue weighted by Gasteiger charge is 2.26. The lowest BCUT2D eigenvalue weighted by Gasteiger charge is -2.20. The lowest BCUT2D eigenvalue weighted by Crippen LogP contribution is -2.32. The van der Waals surface area contributed by atoms with Crippen molar-refractivity contribution in [1.82, 2.24) is 9.13 Å². The lowest BCUT2D eigenvalue weighted by atomic mass is 10.1. The van der Waals surface area contributed by atoms with Gasteiger partial charge in [-0.15, -0.1) is 0 Å². The van der Waals surface area contributed by atoms with Crippen molar-refractivity contribution in [1.29, 1.82) is 0 Å². The largest absolute Gasteiger partial charge is 0.493 e. The molecule has 0 aliphatic rings. The number of hydrogen-bond acceptors (Lipinski definition) is 6. The van der Waals surface area contributed by atoms with Gasteiger partial charge in [0.2, 0.25) is 0 Å². The van der Waals surface area contributed by atoms with Crippen molar-refractivity contribution in [3.05, 3.63) is 58.3 Å². The zero-order valence-electron chi connectivity index (χ0n) is 17.5. The summed E-state index contributed by atoms with van der Waals surface area (Å²) in [6.45, 7) is 1.79. The minimum atomic E-state index is -3.52. The molecule has 0 radical (unpaired) electrons. The summed E-state index contributed by atoms with van der Waals surface area (Å²) in [4.78, 5) is 13.3. The molecular formula is C21H25FN2O6S.